The Hall–Kier alpha value is -0.700. The largest absolute Gasteiger partial charge is 0.392 e. The lowest BCUT2D eigenvalue weighted by atomic mass is 9.96. The molecule has 0 saturated heterocycles. The van der Waals surface area contributed by atoms with Gasteiger partial charge in [0, 0.05) is 18.8 Å². The van der Waals surface area contributed by atoms with E-state index in [0.29, 0.717) is 25.7 Å². The summed E-state index contributed by atoms with van der Waals surface area (Å²) in [6, 6.07) is 0. The van der Waals surface area contributed by atoms with E-state index in [1.807, 2.05) is 6.92 Å². The summed E-state index contributed by atoms with van der Waals surface area (Å²) in [4.78, 5) is 21.4. The fourth-order valence-corrected chi connectivity index (χ4v) is 1.16. The Balaban J connectivity index is 3.77. The zero-order chi connectivity index (χ0) is 10.3. The second-order valence-corrected chi connectivity index (χ2v) is 3.21. The van der Waals surface area contributed by atoms with Crippen LogP contribution >= 0.6 is 0 Å². The molecule has 0 amide bonds. The van der Waals surface area contributed by atoms with Crippen LogP contribution in [0.5, 0.6) is 0 Å². The first-order valence-electron chi connectivity index (χ1n) is 4.80. The lowest BCUT2D eigenvalue weighted by molar-refractivity contribution is -0.120. The van der Waals surface area contributed by atoms with Crippen molar-refractivity contribution in [1.29, 1.82) is 0 Å². The molecule has 1 N–H and O–H groups in total. The Bertz CT molecular complexity index is 166. The third-order valence-electron chi connectivity index (χ3n) is 2.25. The molecule has 3 nitrogen and oxygen atoms in total. The van der Waals surface area contributed by atoms with E-state index in [1.165, 1.54) is 0 Å². The van der Waals surface area contributed by atoms with Gasteiger partial charge in [-0.3, -0.25) is 4.79 Å². The van der Waals surface area contributed by atoms with Gasteiger partial charge in [-0.1, -0.05) is 13.8 Å². The SMILES string of the molecule is CCC(=O)CCC(O)C(C=O)CC. The van der Waals surface area contributed by atoms with Crippen LogP contribution in [0.25, 0.3) is 0 Å². The van der Waals surface area contributed by atoms with Crippen molar-refractivity contribution < 1.29 is 14.7 Å². The molecule has 0 spiro atoms. The zero-order valence-corrected chi connectivity index (χ0v) is 8.32. The van der Waals surface area contributed by atoms with Crippen LogP contribution in [-0.2, 0) is 9.59 Å². The number of aliphatic hydroxyl groups excluding tert-OH is 1. The van der Waals surface area contributed by atoms with Crippen molar-refractivity contribution >= 4 is 12.1 Å². The minimum absolute atomic E-state index is 0.139. The summed E-state index contributed by atoms with van der Waals surface area (Å²) >= 11 is 0. The van der Waals surface area contributed by atoms with Gasteiger partial charge < -0.3 is 9.90 Å². The lowest BCUT2D eigenvalue weighted by Gasteiger charge is -2.14. The molecule has 0 aliphatic carbocycles. The summed E-state index contributed by atoms with van der Waals surface area (Å²) in [6.45, 7) is 3.65. The maximum Gasteiger partial charge on any atom is 0.132 e. The van der Waals surface area contributed by atoms with Gasteiger partial charge in [0.05, 0.1) is 6.10 Å². The van der Waals surface area contributed by atoms with Gasteiger partial charge in [-0.15, -0.1) is 0 Å². The van der Waals surface area contributed by atoms with Crippen molar-refractivity contribution in [3.8, 4) is 0 Å². The Morgan fingerprint density at radius 3 is 2.46 bits per heavy atom. The third-order valence-corrected chi connectivity index (χ3v) is 2.25. The quantitative estimate of drug-likeness (QED) is 0.610. The Labute approximate surface area is 79.1 Å². The fourth-order valence-electron chi connectivity index (χ4n) is 1.16. The summed E-state index contributed by atoms with van der Waals surface area (Å²) in [7, 11) is 0. The van der Waals surface area contributed by atoms with Gasteiger partial charge in [-0.05, 0) is 12.8 Å². The number of hydrogen-bond acceptors (Lipinski definition) is 3. The monoisotopic (exact) mass is 186 g/mol. The van der Waals surface area contributed by atoms with E-state index >= 15 is 0 Å². The average molecular weight is 186 g/mol. The Morgan fingerprint density at radius 1 is 1.46 bits per heavy atom. The average Bonchev–Trinajstić information content (AvgIpc) is 2.16. The maximum absolute atomic E-state index is 10.9. The second kappa shape index (κ2) is 6.78. The molecule has 0 aromatic carbocycles. The zero-order valence-electron chi connectivity index (χ0n) is 8.32. The van der Waals surface area contributed by atoms with Gasteiger partial charge >= 0.3 is 0 Å². The summed E-state index contributed by atoms with van der Waals surface area (Å²) in [6.07, 6.45) is 2.03. The molecule has 0 saturated carbocycles. The molecule has 0 bridgehead atoms. The van der Waals surface area contributed by atoms with Gasteiger partial charge in [0.25, 0.3) is 0 Å². The number of carbonyl (C=O) groups excluding carboxylic acids is 2. The van der Waals surface area contributed by atoms with Crippen molar-refractivity contribution in [2.45, 2.75) is 45.6 Å². The summed E-state index contributed by atoms with van der Waals surface area (Å²) in [5.41, 5.74) is 0. The van der Waals surface area contributed by atoms with Crippen molar-refractivity contribution in [3.63, 3.8) is 0 Å². The number of carbonyl (C=O) groups is 2. The molecule has 0 heterocycles. The highest BCUT2D eigenvalue weighted by Gasteiger charge is 2.16. The maximum atomic E-state index is 10.9. The molecule has 13 heavy (non-hydrogen) atoms. The predicted molar refractivity (Wildman–Crippen MR) is 50.4 cm³/mol. The number of Topliss-reactive ketones (excluding diaryl/α,β-unsaturated/α-hetero) is 1. The highest BCUT2D eigenvalue weighted by atomic mass is 16.3. The molecular weight excluding hydrogens is 168 g/mol. The number of hydrogen-bond donors (Lipinski definition) is 1. The number of ketones is 1. The molecule has 2 atom stereocenters. The Kier molecular flexibility index (Phi) is 6.41. The second-order valence-electron chi connectivity index (χ2n) is 3.21. The molecule has 0 aliphatic rings. The van der Waals surface area contributed by atoms with Crippen LogP contribution in [0, 0.1) is 5.92 Å². The number of rotatable bonds is 7. The van der Waals surface area contributed by atoms with Crippen LogP contribution in [0.3, 0.4) is 0 Å². The normalized spacial score (nSPS) is 15.0. The van der Waals surface area contributed by atoms with Gasteiger partial charge in [-0.25, -0.2) is 0 Å². The standard InChI is InChI=1S/C10H18O3/c1-3-8(7-11)10(13)6-5-9(12)4-2/h7-8,10,13H,3-6H2,1-2H3. The molecule has 0 rings (SSSR count). The molecule has 0 fully saturated rings. The molecule has 0 aliphatic heterocycles. The molecule has 3 heteroatoms. The molecule has 76 valence electrons. The van der Waals surface area contributed by atoms with Crippen molar-refractivity contribution in [3.05, 3.63) is 0 Å². The molecule has 0 aromatic heterocycles. The van der Waals surface area contributed by atoms with Gasteiger partial charge in [0.15, 0.2) is 0 Å². The summed E-state index contributed by atoms with van der Waals surface area (Å²) < 4.78 is 0. The van der Waals surface area contributed by atoms with Crippen LogP contribution in [-0.4, -0.2) is 23.3 Å². The smallest absolute Gasteiger partial charge is 0.132 e. The van der Waals surface area contributed by atoms with E-state index in [-0.39, 0.29) is 11.7 Å². The van der Waals surface area contributed by atoms with Crippen molar-refractivity contribution in [2.24, 2.45) is 5.92 Å². The molecule has 2 unspecified atom stereocenters. The molecular formula is C10H18O3. The van der Waals surface area contributed by atoms with Crippen LogP contribution in [0.1, 0.15) is 39.5 Å². The van der Waals surface area contributed by atoms with Gasteiger partial charge in [0.1, 0.15) is 12.1 Å². The third kappa shape index (κ3) is 4.78. The first-order chi connectivity index (χ1) is 6.15. The minimum Gasteiger partial charge on any atom is -0.392 e. The lowest BCUT2D eigenvalue weighted by Crippen LogP contribution is -2.21. The first-order valence-corrected chi connectivity index (χ1v) is 4.80. The Morgan fingerprint density at radius 2 is 2.08 bits per heavy atom. The van der Waals surface area contributed by atoms with Crippen molar-refractivity contribution in [2.75, 3.05) is 0 Å². The van der Waals surface area contributed by atoms with E-state index in [9.17, 15) is 14.7 Å². The van der Waals surface area contributed by atoms with E-state index in [2.05, 4.69) is 0 Å². The van der Waals surface area contributed by atoms with Crippen LogP contribution in [0.15, 0.2) is 0 Å². The molecule has 0 radical (unpaired) electrons. The van der Waals surface area contributed by atoms with E-state index in [1.54, 1.807) is 6.92 Å². The highest BCUT2D eigenvalue weighted by molar-refractivity contribution is 5.78. The summed E-state index contributed by atoms with van der Waals surface area (Å²) in [5.74, 6) is -0.176. The van der Waals surface area contributed by atoms with Crippen molar-refractivity contribution in [1.82, 2.24) is 0 Å². The van der Waals surface area contributed by atoms with E-state index in [0.717, 1.165) is 6.29 Å². The van der Waals surface area contributed by atoms with Gasteiger partial charge in [-0.2, -0.15) is 0 Å². The van der Waals surface area contributed by atoms with Gasteiger partial charge in [0.2, 0.25) is 0 Å². The topological polar surface area (TPSA) is 54.4 Å². The van der Waals surface area contributed by atoms with E-state index in [4.69, 9.17) is 0 Å². The number of aldehydes is 1. The predicted octanol–water partition coefficient (Wildman–Crippen LogP) is 1.33. The summed E-state index contributed by atoms with van der Waals surface area (Å²) in [5, 5.41) is 9.47. The fraction of sp³-hybridized carbons (Fsp3) is 0.800. The van der Waals surface area contributed by atoms with E-state index < -0.39 is 6.10 Å². The first kappa shape index (κ1) is 12.3. The number of aliphatic hydroxyl groups is 1. The van der Waals surface area contributed by atoms with Crippen LogP contribution < -0.4 is 0 Å². The highest BCUT2D eigenvalue weighted by Crippen LogP contribution is 2.11. The van der Waals surface area contributed by atoms with Crippen LogP contribution in [0.2, 0.25) is 0 Å². The minimum atomic E-state index is -0.655. The molecule has 0 aromatic rings. The van der Waals surface area contributed by atoms with Crippen LogP contribution in [0.4, 0.5) is 0 Å².